The number of aryl methyl sites for hydroxylation is 1. The lowest BCUT2D eigenvalue weighted by Crippen LogP contribution is -1.99. The summed E-state index contributed by atoms with van der Waals surface area (Å²) in [5.74, 6) is 0. The number of hydrogen-bond acceptors (Lipinski definition) is 4. The van der Waals surface area contributed by atoms with E-state index in [1.807, 2.05) is 25.1 Å². The van der Waals surface area contributed by atoms with Crippen LogP contribution in [0.5, 0.6) is 0 Å². The van der Waals surface area contributed by atoms with E-state index in [0.29, 0.717) is 21.1 Å². The van der Waals surface area contributed by atoms with Crippen LogP contribution in [0, 0.1) is 11.7 Å². The average Bonchev–Trinajstić information content (AvgIpc) is 3.06. The van der Waals surface area contributed by atoms with Gasteiger partial charge in [0.05, 0.1) is 17.3 Å². The van der Waals surface area contributed by atoms with Crippen molar-refractivity contribution in [3.8, 4) is 5.69 Å². The zero-order valence-electron chi connectivity index (χ0n) is 10.9. The quantitative estimate of drug-likeness (QED) is 0.548. The summed E-state index contributed by atoms with van der Waals surface area (Å²) in [5.41, 5.74) is 3.28. The van der Waals surface area contributed by atoms with Crippen molar-refractivity contribution in [3.05, 3.63) is 46.1 Å². The van der Waals surface area contributed by atoms with Gasteiger partial charge in [0.1, 0.15) is 6.33 Å². The highest BCUT2D eigenvalue weighted by molar-refractivity contribution is 7.71. The molecule has 0 saturated carbocycles. The molecule has 3 aromatic heterocycles. The zero-order valence-corrected chi connectivity index (χ0v) is 12.5. The van der Waals surface area contributed by atoms with Crippen LogP contribution in [0.3, 0.4) is 0 Å². The Hall–Kier alpha value is -2.25. The maximum atomic E-state index is 6.18. The first kappa shape index (κ1) is 12.5. The lowest BCUT2D eigenvalue weighted by Gasteiger charge is -2.05. The van der Waals surface area contributed by atoms with Crippen LogP contribution >= 0.6 is 23.8 Å². The second-order valence-electron chi connectivity index (χ2n) is 4.69. The molecule has 6 nitrogen and oxygen atoms in total. The third kappa shape index (κ3) is 1.78. The minimum atomic E-state index is 0.505. The Balaban J connectivity index is 2.03. The summed E-state index contributed by atoms with van der Waals surface area (Å²) in [6.45, 7) is 1.96. The fraction of sp³-hybridized carbons (Fsp3) is 0.0769. The molecule has 1 aromatic carbocycles. The van der Waals surface area contributed by atoms with Crippen molar-refractivity contribution in [2.45, 2.75) is 6.92 Å². The monoisotopic (exact) mass is 316 g/mol. The molecule has 1 N–H and O–H groups in total. The predicted molar refractivity (Wildman–Crippen MR) is 82.5 cm³/mol. The third-order valence-corrected chi connectivity index (χ3v) is 4.08. The van der Waals surface area contributed by atoms with Crippen LogP contribution in [-0.2, 0) is 0 Å². The third-order valence-electron chi connectivity index (χ3n) is 3.38. The summed E-state index contributed by atoms with van der Waals surface area (Å²) in [6, 6.07) is 5.77. The van der Waals surface area contributed by atoms with E-state index in [0.717, 1.165) is 16.6 Å². The van der Waals surface area contributed by atoms with Gasteiger partial charge >= 0.3 is 0 Å². The first-order chi connectivity index (χ1) is 10.1. The van der Waals surface area contributed by atoms with E-state index in [-0.39, 0.29) is 0 Å². The van der Waals surface area contributed by atoms with Gasteiger partial charge in [-0.15, -0.1) is 0 Å². The van der Waals surface area contributed by atoms with E-state index in [1.54, 1.807) is 21.6 Å². The molecule has 0 radical (unpaired) electrons. The maximum Gasteiger partial charge on any atom is 0.200 e. The molecule has 3 heterocycles. The number of benzene rings is 1. The fourth-order valence-corrected chi connectivity index (χ4v) is 2.59. The molecule has 104 valence electrons. The molecular formula is C13H9ClN6S. The molecule has 21 heavy (non-hydrogen) atoms. The lowest BCUT2D eigenvalue weighted by atomic mass is 10.2. The second-order valence-corrected chi connectivity index (χ2v) is 5.49. The normalized spacial score (nSPS) is 11.5. The van der Waals surface area contributed by atoms with Crippen molar-refractivity contribution in [1.82, 2.24) is 29.4 Å². The summed E-state index contributed by atoms with van der Waals surface area (Å²) >= 11 is 11.3. The minimum absolute atomic E-state index is 0.505. The predicted octanol–water partition coefficient (Wildman–Crippen LogP) is 3.09. The van der Waals surface area contributed by atoms with Gasteiger partial charge in [-0.05, 0) is 36.8 Å². The van der Waals surface area contributed by atoms with Crippen LogP contribution in [0.1, 0.15) is 5.56 Å². The van der Waals surface area contributed by atoms with Crippen molar-refractivity contribution >= 4 is 40.5 Å². The van der Waals surface area contributed by atoms with Crippen LogP contribution in [0.15, 0.2) is 30.7 Å². The summed E-state index contributed by atoms with van der Waals surface area (Å²) in [6.07, 6.45) is 3.36. The van der Waals surface area contributed by atoms with E-state index < -0.39 is 0 Å². The van der Waals surface area contributed by atoms with Crippen LogP contribution < -0.4 is 0 Å². The van der Waals surface area contributed by atoms with E-state index >= 15 is 0 Å². The second kappa shape index (κ2) is 4.37. The smallest absolute Gasteiger partial charge is 0.200 e. The molecule has 8 heteroatoms. The summed E-state index contributed by atoms with van der Waals surface area (Å²) < 4.78 is 3.95. The van der Waals surface area contributed by atoms with E-state index in [2.05, 4.69) is 20.3 Å². The van der Waals surface area contributed by atoms with Crippen molar-refractivity contribution in [3.63, 3.8) is 0 Å². The van der Waals surface area contributed by atoms with Crippen LogP contribution in [0.25, 0.3) is 22.4 Å². The minimum Gasteiger partial charge on any atom is -0.258 e. The van der Waals surface area contributed by atoms with E-state index in [1.165, 1.54) is 0 Å². The maximum absolute atomic E-state index is 6.18. The van der Waals surface area contributed by atoms with Gasteiger partial charge in [-0.2, -0.15) is 10.2 Å². The van der Waals surface area contributed by atoms with E-state index in [9.17, 15) is 0 Å². The van der Waals surface area contributed by atoms with Gasteiger partial charge in [0.25, 0.3) is 0 Å². The number of aromatic amines is 1. The average molecular weight is 317 g/mol. The highest BCUT2D eigenvalue weighted by Gasteiger charge is 2.12. The molecule has 0 saturated heterocycles. The lowest BCUT2D eigenvalue weighted by molar-refractivity contribution is 0.892. The van der Waals surface area contributed by atoms with Gasteiger partial charge in [-0.1, -0.05) is 17.7 Å². The summed E-state index contributed by atoms with van der Waals surface area (Å²) in [4.78, 5) is 4.42. The standard InChI is InChI=1S/C13H9ClN6S/c1-7-2-3-8(4-10(7)14)20-11-9(5-16-20)12-17-18-13(21)19(12)6-15-11/h2-6H,1H3,(H,18,21). The van der Waals surface area contributed by atoms with Crippen molar-refractivity contribution in [1.29, 1.82) is 0 Å². The number of rotatable bonds is 1. The summed E-state index contributed by atoms with van der Waals surface area (Å²) in [5, 5.41) is 12.9. The van der Waals surface area contributed by atoms with Gasteiger partial charge in [0.15, 0.2) is 11.3 Å². The van der Waals surface area contributed by atoms with Crippen molar-refractivity contribution < 1.29 is 0 Å². The largest absolute Gasteiger partial charge is 0.258 e. The SMILES string of the molecule is Cc1ccc(-n2ncc3c2ncn2c(=S)[nH]nc32)cc1Cl. The highest BCUT2D eigenvalue weighted by atomic mass is 35.5. The van der Waals surface area contributed by atoms with Crippen molar-refractivity contribution in [2.24, 2.45) is 0 Å². The molecule has 0 amide bonds. The first-order valence-corrected chi connectivity index (χ1v) is 7.00. The molecule has 0 spiro atoms. The first-order valence-electron chi connectivity index (χ1n) is 6.21. The fourth-order valence-electron chi connectivity index (χ4n) is 2.24. The topological polar surface area (TPSA) is 63.8 Å². The van der Waals surface area contributed by atoms with E-state index in [4.69, 9.17) is 23.8 Å². The van der Waals surface area contributed by atoms with Gasteiger partial charge < -0.3 is 0 Å². The number of nitrogens with zero attached hydrogens (tertiary/aromatic N) is 5. The molecule has 0 bridgehead atoms. The Labute approximate surface area is 129 Å². The Morgan fingerprint density at radius 1 is 1.29 bits per heavy atom. The van der Waals surface area contributed by atoms with Crippen LogP contribution in [0.4, 0.5) is 0 Å². The molecule has 4 aromatic rings. The van der Waals surface area contributed by atoms with Gasteiger partial charge in [-0.25, -0.2) is 9.67 Å². The highest BCUT2D eigenvalue weighted by Crippen LogP contribution is 2.23. The Morgan fingerprint density at radius 3 is 2.95 bits per heavy atom. The molecule has 0 fully saturated rings. The van der Waals surface area contributed by atoms with Crippen LogP contribution in [0.2, 0.25) is 5.02 Å². The number of aromatic nitrogens is 6. The Kier molecular flexibility index (Phi) is 2.60. The molecule has 0 aliphatic heterocycles. The molecule has 0 atom stereocenters. The molecule has 4 rings (SSSR count). The Morgan fingerprint density at radius 2 is 2.14 bits per heavy atom. The van der Waals surface area contributed by atoms with Crippen molar-refractivity contribution in [2.75, 3.05) is 0 Å². The van der Waals surface area contributed by atoms with Gasteiger partial charge in [0, 0.05) is 5.02 Å². The zero-order chi connectivity index (χ0) is 14.6. The molecule has 0 unspecified atom stereocenters. The molecule has 0 aliphatic rings. The number of halogens is 1. The number of hydrogen-bond donors (Lipinski definition) is 1. The number of H-pyrrole nitrogens is 1. The Bertz CT molecular complexity index is 1040. The molecular weight excluding hydrogens is 308 g/mol. The van der Waals surface area contributed by atoms with Crippen LogP contribution in [-0.4, -0.2) is 29.4 Å². The van der Waals surface area contributed by atoms with Gasteiger partial charge in [0.2, 0.25) is 4.77 Å². The number of fused-ring (bicyclic) bond motifs is 3. The molecule has 0 aliphatic carbocycles. The number of nitrogens with one attached hydrogen (secondary N) is 1. The van der Waals surface area contributed by atoms with Gasteiger partial charge in [-0.3, -0.25) is 9.50 Å². The summed E-state index contributed by atoms with van der Waals surface area (Å²) in [7, 11) is 0.